The van der Waals surface area contributed by atoms with Crippen LogP contribution in [0.25, 0.3) is 0 Å². The van der Waals surface area contributed by atoms with E-state index in [2.05, 4.69) is 0 Å². The van der Waals surface area contributed by atoms with Gasteiger partial charge in [0.2, 0.25) is 0 Å². The predicted octanol–water partition coefficient (Wildman–Crippen LogP) is 5.61. The third kappa shape index (κ3) is 6.44. The van der Waals surface area contributed by atoms with Gasteiger partial charge in [-0.1, -0.05) is 35.4 Å². The average Bonchev–Trinajstić information content (AvgIpc) is 3.22. The van der Waals surface area contributed by atoms with E-state index in [1.54, 1.807) is 6.07 Å². The summed E-state index contributed by atoms with van der Waals surface area (Å²) in [5.41, 5.74) is -0.520. The average molecular weight is 520 g/mol. The monoisotopic (exact) mass is 519 g/mol. The molecular formula is C22H21Cl2F2NO5S. The van der Waals surface area contributed by atoms with Gasteiger partial charge < -0.3 is 19.8 Å². The molecule has 0 saturated carbocycles. The first-order valence-corrected chi connectivity index (χ1v) is 11.6. The number of benzene rings is 1. The number of nitrogens with zero attached hydrogens (tertiary/aromatic N) is 1. The Kier molecular flexibility index (Phi) is 8.33. The van der Waals surface area contributed by atoms with Crippen LogP contribution < -0.4 is 0 Å². The van der Waals surface area contributed by atoms with E-state index >= 15 is 0 Å². The van der Waals surface area contributed by atoms with E-state index in [0.29, 0.717) is 19.3 Å². The van der Waals surface area contributed by atoms with Crippen LogP contribution in [0.3, 0.4) is 0 Å². The lowest BCUT2D eigenvalue weighted by Crippen LogP contribution is -2.45. The van der Waals surface area contributed by atoms with Crippen LogP contribution in [0.15, 0.2) is 42.5 Å². The highest BCUT2D eigenvalue weighted by Gasteiger charge is 2.40. The molecule has 2 atom stereocenters. The molecule has 1 aliphatic rings. The Balaban J connectivity index is 1.65. The van der Waals surface area contributed by atoms with Gasteiger partial charge in [-0.15, -0.1) is 11.3 Å². The number of aromatic carboxylic acids is 1. The molecule has 3 rings (SSSR count). The molecule has 2 heterocycles. The number of carbonyl (C=O) groups excluding carboxylic acids is 1. The van der Waals surface area contributed by atoms with Gasteiger partial charge in [0.25, 0.3) is 0 Å². The van der Waals surface area contributed by atoms with Crippen LogP contribution in [0, 0.1) is 0 Å². The number of amides is 1. The van der Waals surface area contributed by atoms with Crippen molar-refractivity contribution in [2.45, 2.75) is 37.3 Å². The summed E-state index contributed by atoms with van der Waals surface area (Å²) in [5.74, 6) is -4.64. The number of thiophene rings is 1. The van der Waals surface area contributed by atoms with Crippen LogP contribution in [-0.4, -0.2) is 52.5 Å². The van der Waals surface area contributed by atoms with Crippen LogP contribution in [0.5, 0.6) is 0 Å². The summed E-state index contributed by atoms with van der Waals surface area (Å²) in [6, 6.07) is 6.11. The first-order valence-electron chi connectivity index (χ1n) is 10.0. The number of aryl methyl sites for hydroxylation is 1. The topological polar surface area (TPSA) is 87.1 Å². The minimum Gasteiger partial charge on any atom is -0.477 e. The molecule has 0 radical (unpaired) electrons. The smallest absolute Gasteiger partial charge is 0.410 e. The number of rotatable bonds is 9. The van der Waals surface area contributed by atoms with E-state index in [1.165, 1.54) is 23.1 Å². The van der Waals surface area contributed by atoms with Gasteiger partial charge in [-0.2, -0.15) is 8.78 Å². The molecule has 178 valence electrons. The largest absolute Gasteiger partial charge is 0.477 e. The molecule has 1 saturated heterocycles. The molecule has 2 aromatic rings. The molecule has 1 amide bonds. The van der Waals surface area contributed by atoms with E-state index in [1.807, 2.05) is 0 Å². The molecular weight excluding hydrogens is 499 g/mol. The number of halogens is 4. The molecule has 11 heteroatoms. The van der Waals surface area contributed by atoms with Crippen LogP contribution in [0.4, 0.5) is 13.6 Å². The number of alkyl halides is 2. The van der Waals surface area contributed by atoms with Crippen LogP contribution in [-0.2, 0) is 17.1 Å². The summed E-state index contributed by atoms with van der Waals surface area (Å²) in [5, 5.41) is 19.2. The second-order valence-corrected chi connectivity index (χ2v) is 9.49. The number of ether oxygens (including phenoxy) is 1. The number of hydrogen-bond acceptors (Lipinski definition) is 5. The number of carbonyl (C=O) groups is 2. The van der Waals surface area contributed by atoms with Crippen molar-refractivity contribution >= 4 is 46.6 Å². The van der Waals surface area contributed by atoms with Crippen molar-refractivity contribution in [3.63, 3.8) is 0 Å². The van der Waals surface area contributed by atoms with Crippen molar-refractivity contribution in [3.8, 4) is 0 Å². The van der Waals surface area contributed by atoms with Gasteiger partial charge >= 0.3 is 18.0 Å². The normalized spacial score (nSPS) is 17.9. The molecule has 1 aromatic carbocycles. The van der Waals surface area contributed by atoms with Crippen molar-refractivity contribution in [1.82, 2.24) is 4.90 Å². The number of cyclic esters (lactones) is 1. The highest BCUT2D eigenvalue weighted by Crippen LogP contribution is 2.36. The Morgan fingerprint density at radius 2 is 2.00 bits per heavy atom. The van der Waals surface area contributed by atoms with E-state index in [4.69, 9.17) is 33.0 Å². The van der Waals surface area contributed by atoms with E-state index in [-0.39, 0.29) is 28.1 Å². The molecule has 0 bridgehead atoms. The molecule has 33 heavy (non-hydrogen) atoms. The Labute approximate surface area is 203 Å². The summed E-state index contributed by atoms with van der Waals surface area (Å²) in [7, 11) is 0. The van der Waals surface area contributed by atoms with Gasteiger partial charge in [0.05, 0.1) is 12.6 Å². The molecule has 1 aliphatic heterocycles. The van der Waals surface area contributed by atoms with Crippen LogP contribution in [0.1, 0.15) is 33.0 Å². The third-order valence-corrected chi connectivity index (χ3v) is 6.67. The quantitative estimate of drug-likeness (QED) is 0.420. The van der Waals surface area contributed by atoms with Gasteiger partial charge in [0.15, 0.2) is 0 Å². The van der Waals surface area contributed by atoms with E-state index < -0.39 is 35.7 Å². The van der Waals surface area contributed by atoms with E-state index in [9.17, 15) is 23.5 Å². The highest BCUT2D eigenvalue weighted by molar-refractivity contribution is 7.13. The van der Waals surface area contributed by atoms with Crippen LogP contribution in [0.2, 0.25) is 10.0 Å². The number of aliphatic hydroxyl groups excluding tert-OH is 1. The molecule has 2 N–H and O–H groups in total. The van der Waals surface area contributed by atoms with Crippen molar-refractivity contribution in [3.05, 3.63) is 67.8 Å². The minimum atomic E-state index is -3.65. The summed E-state index contributed by atoms with van der Waals surface area (Å²) in [4.78, 5) is 25.7. The standard InChI is InChI=1S/C22H21Cl2F2NO5S/c23-14-10-13(11-15(24)12-14)22(25,26)19(28)6-3-16-7-9-32-21(31)27(16)8-1-2-17-4-5-18(33-17)20(29)30/h3-6,10-12,16,19,28H,1-2,7-9H2,(H,29,30)/b6-3+. The van der Waals surface area contributed by atoms with Gasteiger partial charge in [0.1, 0.15) is 11.0 Å². The first-order chi connectivity index (χ1) is 15.6. The molecule has 0 aliphatic carbocycles. The molecule has 0 spiro atoms. The summed E-state index contributed by atoms with van der Waals surface area (Å²) in [6.07, 6.45) is 1.06. The Bertz CT molecular complexity index is 1030. The summed E-state index contributed by atoms with van der Waals surface area (Å²) in [6.45, 7) is 0.415. The maximum atomic E-state index is 14.7. The predicted molar refractivity (Wildman–Crippen MR) is 122 cm³/mol. The second-order valence-electron chi connectivity index (χ2n) is 7.45. The Morgan fingerprint density at radius 1 is 1.30 bits per heavy atom. The highest BCUT2D eigenvalue weighted by atomic mass is 35.5. The molecule has 6 nitrogen and oxygen atoms in total. The van der Waals surface area contributed by atoms with Gasteiger partial charge in [-0.25, -0.2) is 9.59 Å². The fourth-order valence-electron chi connectivity index (χ4n) is 3.42. The summed E-state index contributed by atoms with van der Waals surface area (Å²) >= 11 is 12.8. The SMILES string of the molecule is O=C(O)c1ccc(CCCN2C(=O)OCCC2/C=C/C(O)C(F)(F)c2cc(Cl)cc(Cl)c2)s1. The zero-order valence-corrected chi connectivity index (χ0v) is 19.5. The van der Waals surface area contributed by atoms with E-state index in [0.717, 1.165) is 34.4 Å². The number of carboxylic acid groups (broad SMARTS) is 1. The Hall–Kier alpha value is -2.20. The van der Waals surface area contributed by atoms with Gasteiger partial charge in [-0.3, -0.25) is 0 Å². The maximum absolute atomic E-state index is 14.7. The number of hydrogen-bond donors (Lipinski definition) is 2. The Morgan fingerprint density at radius 3 is 2.64 bits per heavy atom. The van der Waals surface area contributed by atoms with Gasteiger partial charge in [-0.05, 0) is 43.2 Å². The lowest BCUT2D eigenvalue weighted by molar-refractivity contribution is -0.0929. The van der Waals surface area contributed by atoms with Crippen molar-refractivity contribution in [1.29, 1.82) is 0 Å². The minimum absolute atomic E-state index is 0.0239. The van der Waals surface area contributed by atoms with Gasteiger partial charge in [0, 0.05) is 33.5 Å². The fraction of sp³-hybridized carbons (Fsp3) is 0.364. The molecule has 1 fully saturated rings. The van der Waals surface area contributed by atoms with Crippen molar-refractivity contribution in [2.75, 3.05) is 13.2 Å². The number of carboxylic acids is 1. The molecule has 2 unspecified atom stereocenters. The number of aliphatic hydroxyl groups is 1. The third-order valence-electron chi connectivity index (χ3n) is 5.10. The first kappa shape index (κ1) is 25.4. The zero-order chi connectivity index (χ0) is 24.2. The maximum Gasteiger partial charge on any atom is 0.410 e. The zero-order valence-electron chi connectivity index (χ0n) is 17.2. The second kappa shape index (κ2) is 10.8. The lowest BCUT2D eigenvalue weighted by Gasteiger charge is -2.33. The van der Waals surface area contributed by atoms with Crippen molar-refractivity contribution < 1.29 is 33.3 Å². The van der Waals surface area contributed by atoms with Crippen molar-refractivity contribution in [2.24, 2.45) is 0 Å². The fourth-order valence-corrected chi connectivity index (χ4v) is 4.83. The van der Waals surface area contributed by atoms with Crippen LogP contribution >= 0.6 is 34.5 Å². The lowest BCUT2D eigenvalue weighted by atomic mass is 10.0. The molecule has 1 aromatic heterocycles. The summed E-state index contributed by atoms with van der Waals surface area (Å²) < 4.78 is 34.5.